The number of aromatic nitrogens is 4. The van der Waals surface area contributed by atoms with Gasteiger partial charge >= 0.3 is 5.69 Å². The molecule has 8 nitrogen and oxygen atoms in total. The van der Waals surface area contributed by atoms with Crippen LogP contribution < -0.4 is 10.4 Å². The Labute approximate surface area is 151 Å². The summed E-state index contributed by atoms with van der Waals surface area (Å²) in [6, 6.07) is 10.1. The third kappa shape index (κ3) is 3.73. The van der Waals surface area contributed by atoms with E-state index in [0.717, 1.165) is 5.56 Å². The van der Waals surface area contributed by atoms with E-state index in [9.17, 15) is 13.2 Å². The van der Waals surface area contributed by atoms with Crippen molar-refractivity contribution in [3.8, 4) is 11.4 Å². The molecule has 0 saturated heterocycles. The number of hydrogen-bond acceptors (Lipinski definition) is 5. The molecule has 136 valence electrons. The van der Waals surface area contributed by atoms with Gasteiger partial charge in [0.15, 0.2) is 5.82 Å². The zero-order valence-electron chi connectivity index (χ0n) is 14.5. The van der Waals surface area contributed by atoms with Crippen LogP contribution in [-0.4, -0.2) is 34.3 Å². The van der Waals surface area contributed by atoms with Gasteiger partial charge < -0.3 is 0 Å². The third-order valence-electron chi connectivity index (χ3n) is 3.91. The zero-order valence-corrected chi connectivity index (χ0v) is 15.3. The van der Waals surface area contributed by atoms with Crippen molar-refractivity contribution >= 4 is 10.0 Å². The fourth-order valence-electron chi connectivity index (χ4n) is 2.47. The first-order valence-corrected chi connectivity index (χ1v) is 9.47. The Kier molecular flexibility index (Phi) is 5.01. The number of pyridine rings is 1. The molecule has 9 heteroatoms. The molecule has 0 spiro atoms. The third-order valence-corrected chi connectivity index (χ3v) is 5.38. The smallest absolute Gasteiger partial charge is 0.278 e. The summed E-state index contributed by atoms with van der Waals surface area (Å²) in [4.78, 5) is 16.5. The molecule has 3 aromatic rings. The van der Waals surface area contributed by atoms with Gasteiger partial charge in [-0.1, -0.05) is 17.7 Å². The molecule has 0 bridgehead atoms. The molecular weight excluding hydrogens is 354 g/mol. The standard InChI is InChI=1S/C17H19N5O3S/c1-13-5-7-15(8-6-13)26(24,25)19-10-11-22-17(23)21(2)16(20-22)14-4-3-9-18-12-14/h3-9,12,19H,10-11H2,1-2H3. The number of benzene rings is 1. The molecule has 0 radical (unpaired) electrons. The summed E-state index contributed by atoms with van der Waals surface area (Å²) in [5, 5.41) is 4.28. The molecule has 2 heterocycles. The summed E-state index contributed by atoms with van der Waals surface area (Å²) < 4.78 is 29.7. The van der Waals surface area contributed by atoms with E-state index >= 15 is 0 Å². The molecule has 0 fully saturated rings. The Morgan fingerprint density at radius 1 is 1.15 bits per heavy atom. The quantitative estimate of drug-likeness (QED) is 0.693. The summed E-state index contributed by atoms with van der Waals surface area (Å²) in [5.74, 6) is 0.476. The van der Waals surface area contributed by atoms with Gasteiger partial charge in [0.2, 0.25) is 10.0 Å². The van der Waals surface area contributed by atoms with Crippen LogP contribution in [0.15, 0.2) is 58.5 Å². The first kappa shape index (κ1) is 18.0. The average molecular weight is 373 g/mol. The highest BCUT2D eigenvalue weighted by Gasteiger charge is 2.15. The number of hydrogen-bond donors (Lipinski definition) is 1. The topological polar surface area (TPSA) is 98.9 Å². The highest BCUT2D eigenvalue weighted by molar-refractivity contribution is 7.89. The average Bonchev–Trinajstić information content (AvgIpc) is 2.91. The molecule has 0 saturated carbocycles. The van der Waals surface area contributed by atoms with Crippen molar-refractivity contribution in [3.63, 3.8) is 0 Å². The highest BCUT2D eigenvalue weighted by atomic mass is 32.2. The lowest BCUT2D eigenvalue weighted by molar-refractivity contribution is 0.551. The minimum Gasteiger partial charge on any atom is -0.278 e. The van der Waals surface area contributed by atoms with Crippen LogP contribution in [0.25, 0.3) is 11.4 Å². The lowest BCUT2D eigenvalue weighted by Gasteiger charge is -2.06. The van der Waals surface area contributed by atoms with Crippen molar-refractivity contribution in [2.24, 2.45) is 7.05 Å². The maximum Gasteiger partial charge on any atom is 0.345 e. The van der Waals surface area contributed by atoms with E-state index in [1.165, 1.54) is 9.25 Å². The van der Waals surface area contributed by atoms with Crippen molar-refractivity contribution in [3.05, 3.63) is 64.8 Å². The van der Waals surface area contributed by atoms with Gasteiger partial charge in [-0.2, -0.15) is 0 Å². The molecule has 0 atom stereocenters. The minimum atomic E-state index is -3.63. The van der Waals surface area contributed by atoms with E-state index in [4.69, 9.17) is 0 Å². The largest absolute Gasteiger partial charge is 0.345 e. The van der Waals surface area contributed by atoms with Crippen molar-refractivity contribution in [1.29, 1.82) is 0 Å². The second kappa shape index (κ2) is 7.22. The van der Waals surface area contributed by atoms with E-state index in [1.54, 1.807) is 55.8 Å². The van der Waals surface area contributed by atoms with Crippen molar-refractivity contribution < 1.29 is 8.42 Å². The van der Waals surface area contributed by atoms with Crippen LogP contribution >= 0.6 is 0 Å². The fraction of sp³-hybridized carbons (Fsp3) is 0.235. The number of sulfonamides is 1. The van der Waals surface area contributed by atoms with Crippen LogP contribution in [0.3, 0.4) is 0 Å². The molecule has 0 amide bonds. The normalized spacial score (nSPS) is 11.6. The van der Waals surface area contributed by atoms with Gasteiger partial charge in [0.25, 0.3) is 0 Å². The predicted octanol–water partition coefficient (Wildman–Crippen LogP) is 0.931. The molecular formula is C17H19N5O3S. The van der Waals surface area contributed by atoms with Crippen molar-refractivity contribution in [2.45, 2.75) is 18.4 Å². The Morgan fingerprint density at radius 3 is 2.54 bits per heavy atom. The molecule has 1 aromatic carbocycles. The van der Waals surface area contributed by atoms with Gasteiger partial charge in [-0.25, -0.2) is 22.6 Å². The monoisotopic (exact) mass is 373 g/mol. The Morgan fingerprint density at radius 2 is 1.88 bits per heavy atom. The molecule has 3 rings (SSSR count). The van der Waals surface area contributed by atoms with E-state index in [2.05, 4.69) is 14.8 Å². The van der Waals surface area contributed by atoms with Crippen LogP contribution in [0.2, 0.25) is 0 Å². The number of aryl methyl sites for hydroxylation is 1. The Hall–Kier alpha value is -2.78. The van der Waals surface area contributed by atoms with E-state index in [1.807, 2.05) is 6.92 Å². The molecule has 1 N–H and O–H groups in total. The van der Waals surface area contributed by atoms with Gasteiger partial charge in [-0.3, -0.25) is 9.55 Å². The maximum atomic E-state index is 12.3. The second-order valence-corrected chi connectivity index (χ2v) is 7.61. The second-order valence-electron chi connectivity index (χ2n) is 5.84. The maximum absolute atomic E-state index is 12.3. The molecule has 0 unspecified atom stereocenters. The minimum absolute atomic E-state index is 0.0552. The number of nitrogens with one attached hydrogen (secondary N) is 1. The molecule has 2 aromatic heterocycles. The van der Waals surface area contributed by atoms with E-state index < -0.39 is 10.0 Å². The first-order chi connectivity index (χ1) is 12.4. The Bertz CT molecular complexity index is 1050. The first-order valence-electron chi connectivity index (χ1n) is 7.99. The number of nitrogens with zero attached hydrogens (tertiary/aromatic N) is 4. The summed E-state index contributed by atoms with van der Waals surface area (Å²) in [7, 11) is -2.01. The van der Waals surface area contributed by atoms with Crippen molar-refractivity contribution in [1.82, 2.24) is 24.1 Å². The lowest BCUT2D eigenvalue weighted by Crippen LogP contribution is -2.31. The van der Waals surface area contributed by atoms with Crippen LogP contribution in [0.5, 0.6) is 0 Å². The summed E-state index contributed by atoms with van der Waals surface area (Å²) in [6.07, 6.45) is 3.25. The van der Waals surface area contributed by atoms with Crippen LogP contribution in [0.4, 0.5) is 0 Å². The predicted molar refractivity (Wildman–Crippen MR) is 97.1 cm³/mol. The van der Waals surface area contributed by atoms with Gasteiger partial charge in [-0.15, -0.1) is 5.10 Å². The lowest BCUT2D eigenvalue weighted by atomic mass is 10.2. The Balaban J connectivity index is 1.73. The van der Waals surface area contributed by atoms with Crippen LogP contribution in [0, 0.1) is 6.92 Å². The molecule has 0 aliphatic carbocycles. The summed E-state index contributed by atoms with van der Waals surface area (Å²) >= 11 is 0. The van der Waals surface area contributed by atoms with Gasteiger partial charge in [0, 0.05) is 31.5 Å². The molecule has 26 heavy (non-hydrogen) atoms. The fourth-order valence-corrected chi connectivity index (χ4v) is 3.49. The van der Waals surface area contributed by atoms with Gasteiger partial charge in [0.05, 0.1) is 11.4 Å². The van der Waals surface area contributed by atoms with E-state index in [-0.39, 0.29) is 23.7 Å². The van der Waals surface area contributed by atoms with Crippen LogP contribution in [-0.2, 0) is 23.6 Å². The van der Waals surface area contributed by atoms with Crippen LogP contribution in [0.1, 0.15) is 5.56 Å². The number of rotatable bonds is 6. The SMILES string of the molecule is Cc1ccc(S(=O)(=O)NCCn2nc(-c3cccnc3)n(C)c2=O)cc1. The van der Waals surface area contributed by atoms with Gasteiger partial charge in [-0.05, 0) is 31.2 Å². The zero-order chi connectivity index (χ0) is 18.7. The summed E-state index contributed by atoms with van der Waals surface area (Å²) in [5.41, 5.74) is 1.37. The van der Waals surface area contributed by atoms with Crippen molar-refractivity contribution in [2.75, 3.05) is 6.54 Å². The molecule has 0 aliphatic rings. The molecule has 0 aliphatic heterocycles. The summed E-state index contributed by atoms with van der Waals surface area (Å²) in [6.45, 7) is 2.06. The highest BCUT2D eigenvalue weighted by Crippen LogP contribution is 2.12. The van der Waals surface area contributed by atoms with E-state index in [0.29, 0.717) is 11.4 Å². The van der Waals surface area contributed by atoms with Gasteiger partial charge in [0.1, 0.15) is 0 Å².